The molecular formula is C27H28N2O4. The zero-order chi connectivity index (χ0) is 23.2. The topological polar surface area (TPSA) is 59.1 Å². The largest absolute Gasteiger partial charge is 0.491 e. The van der Waals surface area contributed by atoms with Crippen LogP contribution in [-0.2, 0) is 22.7 Å². The van der Waals surface area contributed by atoms with E-state index < -0.39 is 0 Å². The summed E-state index contributed by atoms with van der Waals surface area (Å²) in [5.74, 6) is 1.31. The van der Waals surface area contributed by atoms with Gasteiger partial charge in [-0.05, 0) is 48.9 Å². The van der Waals surface area contributed by atoms with Crippen molar-refractivity contribution in [1.29, 1.82) is 0 Å². The third-order valence-electron chi connectivity index (χ3n) is 5.63. The summed E-state index contributed by atoms with van der Waals surface area (Å²) < 4.78 is 11.5. The van der Waals surface area contributed by atoms with Gasteiger partial charge in [0.2, 0.25) is 5.91 Å². The average Bonchev–Trinajstić information content (AvgIpc) is 3.04. The van der Waals surface area contributed by atoms with Crippen molar-refractivity contribution in [2.24, 2.45) is 0 Å². The maximum Gasteiger partial charge on any atom is 0.260 e. The molecule has 0 N–H and O–H groups in total. The van der Waals surface area contributed by atoms with E-state index in [9.17, 15) is 9.59 Å². The third kappa shape index (κ3) is 5.71. The van der Waals surface area contributed by atoms with Gasteiger partial charge in [-0.3, -0.25) is 9.59 Å². The molecule has 1 aliphatic heterocycles. The number of amides is 2. The number of carbonyl (C=O) groups is 2. The second-order valence-corrected chi connectivity index (χ2v) is 8.15. The summed E-state index contributed by atoms with van der Waals surface area (Å²) in [6.45, 7) is 5.36. The Morgan fingerprint density at radius 1 is 1.03 bits per heavy atom. The Bertz CT molecular complexity index is 1110. The van der Waals surface area contributed by atoms with Crippen LogP contribution in [0.3, 0.4) is 0 Å². The fourth-order valence-corrected chi connectivity index (χ4v) is 3.80. The average molecular weight is 445 g/mol. The monoisotopic (exact) mass is 444 g/mol. The lowest BCUT2D eigenvalue weighted by atomic mass is 10.1. The highest BCUT2D eigenvalue weighted by molar-refractivity contribution is 5.91. The van der Waals surface area contributed by atoms with Crippen molar-refractivity contribution in [3.05, 3.63) is 89.5 Å². The minimum atomic E-state index is -0.0919. The number of hydrogen-bond donors (Lipinski definition) is 0. The lowest BCUT2D eigenvalue weighted by Gasteiger charge is -2.23. The van der Waals surface area contributed by atoms with Gasteiger partial charge in [-0.1, -0.05) is 42.0 Å². The Labute approximate surface area is 194 Å². The van der Waals surface area contributed by atoms with E-state index in [-0.39, 0.29) is 18.4 Å². The Kier molecular flexibility index (Phi) is 6.93. The predicted octanol–water partition coefficient (Wildman–Crippen LogP) is 4.35. The molecule has 0 fully saturated rings. The SMILES string of the molecule is CC(=O)N(Cc1ccc2c(c1)CN(C(=O)COc1ccccc1)CCO2)c1ccc(C)cc1. The van der Waals surface area contributed by atoms with E-state index in [0.29, 0.717) is 32.0 Å². The van der Waals surface area contributed by atoms with Gasteiger partial charge in [0.05, 0.1) is 13.1 Å². The maximum atomic E-state index is 12.8. The van der Waals surface area contributed by atoms with Crippen LogP contribution < -0.4 is 14.4 Å². The van der Waals surface area contributed by atoms with Gasteiger partial charge in [-0.25, -0.2) is 0 Å². The molecule has 0 radical (unpaired) electrons. The molecule has 0 unspecified atom stereocenters. The Hall–Kier alpha value is -3.80. The molecule has 0 saturated carbocycles. The molecule has 1 aliphatic rings. The van der Waals surface area contributed by atoms with Crippen molar-refractivity contribution in [2.75, 3.05) is 24.7 Å². The molecule has 3 aromatic carbocycles. The molecule has 3 aromatic rings. The minimum Gasteiger partial charge on any atom is -0.491 e. The first-order chi connectivity index (χ1) is 16.0. The number of para-hydroxylation sites is 1. The highest BCUT2D eigenvalue weighted by Gasteiger charge is 2.21. The molecule has 4 rings (SSSR count). The molecule has 0 atom stereocenters. The van der Waals surface area contributed by atoms with Gasteiger partial charge in [0.25, 0.3) is 5.91 Å². The number of hydrogen-bond acceptors (Lipinski definition) is 4. The number of anilines is 1. The van der Waals surface area contributed by atoms with Crippen molar-refractivity contribution in [2.45, 2.75) is 26.9 Å². The van der Waals surface area contributed by atoms with E-state index in [2.05, 4.69) is 0 Å². The highest BCUT2D eigenvalue weighted by atomic mass is 16.5. The van der Waals surface area contributed by atoms with Crippen LogP contribution in [0.2, 0.25) is 0 Å². The normalized spacial score (nSPS) is 12.8. The third-order valence-corrected chi connectivity index (χ3v) is 5.63. The van der Waals surface area contributed by atoms with Crippen LogP contribution in [0.1, 0.15) is 23.6 Å². The summed E-state index contributed by atoms with van der Waals surface area (Å²) in [7, 11) is 0. The fraction of sp³-hybridized carbons (Fsp3) is 0.259. The van der Waals surface area contributed by atoms with E-state index >= 15 is 0 Å². The van der Waals surface area contributed by atoms with Crippen LogP contribution in [0.5, 0.6) is 11.5 Å². The molecule has 33 heavy (non-hydrogen) atoms. The van der Waals surface area contributed by atoms with Crippen molar-refractivity contribution in [3.63, 3.8) is 0 Å². The molecule has 0 aliphatic carbocycles. The van der Waals surface area contributed by atoms with E-state index in [0.717, 1.165) is 28.1 Å². The summed E-state index contributed by atoms with van der Waals surface area (Å²) in [6, 6.07) is 23.1. The highest BCUT2D eigenvalue weighted by Crippen LogP contribution is 2.26. The quantitative estimate of drug-likeness (QED) is 0.567. The van der Waals surface area contributed by atoms with Gasteiger partial charge in [0.1, 0.15) is 18.1 Å². The van der Waals surface area contributed by atoms with E-state index in [1.54, 1.807) is 16.7 Å². The second-order valence-electron chi connectivity index (χ2n) is 8.15. The molecule has 1 heterocycles. The number of ether oxygens (including phenoxy) is 2. The number of benzene rings is 3. The number of fused-ring (bicyclic) bond motifs is 1. The van der Waals surface area contributed by atoms with Crippen LogP contribution in [-0.4, -0.2) is 36.5 Å². The molecule has 0 saturated heterocycles. The molecule has 6 heteroatoms. The Balaban J connectivity index is 1.47. The first kappa shape index (κ1) is 22.4. The van der Waals surface area contributed by atoms with E-state index in [1.165, 1.54) is 0 Å². The second kappa shape index (κ2) is 10.2. The number of aryl methyl sites for hydroxylation is 1. The molecule has 0 bridgehead atoms. The van der Waals surface area contributed by atoms with Crippen LogP contribution in [0.25, 0.3) is 0 Å². The van der Waals surface area contributed by atoms with Gasteiger partial charge < -0.3 is 19.3 Å². The summed E-state index contributed by atoms with van der Waals surface area (Å²) in [6.07, 6.45) is 0. The van der Waals surface area contributed by atoms with Crippen molar-refractivity contribution in [1.82, 2.24) is 4.90 Å². The standard InChI is InChI=1S/C27H28N2O4/c1-20-8-11-24(12-9-20)29(21(2)30)17-22-10-13-26-23(16-22)18-28(14-15-32-26)27(31)19-33-25-6-4-3-5-7-25/h3-13,16H,14-15,17-19H2,1-2H3. The van der Waals surface area contributed by atoms with Crippen LogP contribution >= 0.6 is 0 Å². The summed E-state index contributed by atoms with van der Waals surface area (Å²) in [5.41, 5.74) is 3.90. The van der Waals surface area contributed by atoms with Crippen LogP contribution in [0.4, 0.5) is 5.69 Å². The lowest BCUT2D eigenvalue weighted by Crippen LogP contribution is -2.36. The van der Waals surface area contributed by atoms with Crippen LogP contribution in [0.15, 0.2) is 72.8 Å². The smallest absolute Gasteiger partial charge is 0.260 e. The van der Waals surface area contributed by atoms with E-state index in [1.807, 2.05) is 79.7 Å². The van der Waals surface area contributed by atoms with Gasteiger partial charge in [0, 0.05) is 24.7 Å². The van der Waals surface area contributed by atoms with Gasteiger partial charge in [0.15, 0.2) is 6.61 Å². The molecule has 170 valence electrons. The minimum absolute atomic E-state index is 0.0232. The van der Waals surface area contributed by atoms with Crippen molar-refractivity contribution < 1.29 is 19.1 Å². The lowest BCUT2D eigenvalue weighted by molar-refractivity contribution is -0.134. The number of nitrogens with zero attached hydrogens (tertiary/aromatic N) is 2. The molecule has 2 amide bonds. The summed E-state index contributed by atoms with van der Waals surface area (Å²) >= 11 is 0. The zero-order valence-electron chi connectivity index (χ0n) is 19.0. The molecule has 0 spiro atoms. The Morgan fingerprint density at radius 2 is 1.79 bits per heavy atom. The molecule has 6 nitrogen and oxygen atoms in total. The molecular weight excluding hydrogens is 416 g/mol. The zero-order valence-corrected chi connectivity index (χ0v) is 19.0. The first-order valence-corrected chi connectivity index (χ1v) is 11.0. The summed E-state index contributed by atoms with van der Waals surface area (Å²) in [5, 5.41) is 0. The Morgan fingerprint density at radius 3 is 2.52 bits per heavy atom. The fourth-order valence-electron chi connectivity index (χ4n) is 3.80. The number of rotatable bonds is 6. The number of carbonyl (C=O) groups excluding carboxylic acids is 2. The summed E-state index contributed by atoms with van der Waals surface area (Å²) in [4.78, 5) is 28.6. The first-order valence-electron chi connectivity index (χ1n) is 11.0. The van der Waals surface area contributed by atoms with Crippen molar-refractivity contribution >= 4 is 17.5 Å². The van der Waals surface area contributed by atoms with Crippen molar-refractivity contribution in [3.8, 4) is 11.5 Å². The molecule has 0 aromatic heterocycles. The van der Waals surface area contributed by atoms with Gasteiger partial charge in [-0.15, -0.1) is 0 Å². The van der Waals surface area contributed by atoms with Gasteiger partial charge in [-0.2, -0.15) is 0 Å². The van der Waals surface area contributed by atoms with Crippen LogP contribution in [0, 0.1) is 6.92 Å². The maximum absolute atomic E-state index is 12.8. The predicted molar refractivity (Wildman–Crippen MR) is 127 cm³/mol. The van der Waals surface area contributed by atoms with Gasteiger partial charge >= 0.3 is 0 Å². The van der Waals surface area contributed by atoms with E-state index in [4.69, 9.17) is 9.47 Å².